The van der Waals surface area contributed by atoms with E-state index < -0.39 is 17.4 Å². The predicted molar refractivity (Wildman–Crippen MR) is 67.9 cm³/mol. The van der Waals surface area contributed by atoms with Crippen molar-refractivity contribution in [3.05, 3.63) is 29.3 Å². The van der Waals surface area contributed by atoms with Crippen LogP contribution in [0.1, 0.15) is 25.3 Å². The molecule has 1 unspecified atom stereocenters. The molecule has 0 spiro atoms. The van der Waals surface area contributed by atoms with Crippen LogP contribution in [0.2, 0.25) is 0 Å². The number of phenols is 1. The second-order valence-electron chi connectivity index (χ2n) is 4.86. The van der Waals surface area contributed by atoms with Crippen LogP contribution in [0.25, 0.3) is 0 Å². The first kappa shape index (κ1) is 14.2. The van der Waals surface area contributed by atoms with E-state index in [2.05, 4.69) is 4.90 Å². The second-order valence-corrected chi connectivity index (χ2v) is 4.86. The summed E-state index contributed by atoms with van der Waals surface area (Å²) in [4.78, 5) is 2.12. The lowest BCUT2D eigenvalue weighted by Gasteiger charge is -2.32. The van der Waals surface area contributed by atoms with E-state index in [9.17, 15) is 8.78 Å². The average molecular weight is 271 g/mol. The van der Waals surface area contributed by atoms with Gasteiger partial charge in [-0.15, -0.1) is 0 Å². The molecule has 1 saturated heterocycles. The minimum Gasteiger partial charge on any atom is -0.503 e. The first-order valence-corrected chi connectivity index (χ1v) is 6.61. The molecule has 1 aromatic rings. The minimum atomic E-state index is -0.909. The fourth-order valence-corrected chi connectivity index (χ4v) is 2.50. The molecule has 1 aliphatic heterocycles. The smallest absolute Gasteiger partial charge is 0.187 e. The van der Waals surface area contributed by atoms with Gasteiger partial charge in [-0.1, -0.05) is 0 Å². The third kappa shape index (κ3) is 3.64. The Morgan fingerprint density at radius 3 is 2.68 bits per heavy atom. The lowest BCUT2D eigenvalue weighted by atomic mass is 10.1. The van der Waals surface area contributed by atoms with Gasteiger partial charge in [-0.05, 0) is 44.0 Å². The van der Waals surface area contributed by atoms with E-state index in [1.165, 1.54) is 12.1 Å². The molecule has 0 amide bonds. The number of phenolic OH excluding ortho intramolecular Hbond substituents is 1. The third-order valence-electron chi connectivity index (χ3n) is 3.35. The number of aromatic hydroxyl groups is 1. The number of benzene rings is 1. The van der Waals surface area contributed by atoms with Crippen molar-refractivity contribution in [3.8, 4) is 5.75 Å². The van der Waals surface area contributed by atoms with Gasteiger partial charge in [0, 0.05) is 19.7 Å². The van der Waals surface area contributed by atoms with E-state index >= 15 is 0 Å². The fraction of sp³-hybridized carbons (Fsp3) is 0.571. The summed E-state index contributed by atoms with van der Waals surface area (Å²) in [6.07, 6.45) is 2.25. The summed E-state index contributed by atoms with van der Waals surface area (Å²) in [6.45, 7) is 4.79. The lowest BCUT2D eigenvalue weighted by molar-refractivity contribution is 0.00359. The van der Waals surface area contributed by atoms with Crippen molar-refractivity contribution in [2.75, 3.05) is 19.7 Å². The van der Waals surface area contributed by atoms with E-state index in [1.54, 1.807) is 0 Å². The Kier molecular flexibility index (Phi) is 4.71. The molecule has 2 rings (SSSR count). The number of halogens is 2. The van der Waals surface area contributed by atoms with Crippen LogP contribution >= 0.6 is 0 Å². The molecule has 1 N–H and O–H groups in total. The van der Waals surface area contributed by atoms with Crippen LogP contribution in [0.3, 0.4) is 0 Å². The molecular formula is C14H19F2NO2. The predicted octanol–water partition coefficient (Wildman–Crippen LogP) is 2.67. The molecule has 19 heavy (non-hydrogen) atoms. The summed E-state index contributed by atoms with van der Waals surface area (Å²) >= 11 is 0. The standard InChI is InChI=1S/C14H19F2NO2/c1-2-19-11-4-3-5-17(9-11)8-10-6-12(15)14(18)13(16)7-10/h6-7,11,18H,2-5,8-9H2,1H3. The maximum Gasteiger partial charge on any atom is 0.187 e. The Morgan fingerprint density at radius 1 is 1.37 bits per heavy atom. The van der Waals surface area contributed by atoms with Crippen LogP contribution in [-0.2, 0) is 11.3 Å². The molecule has 1 heterocycles. The first-order valence-electron chi connectivity index (χ1n) is 6.61. The van der Waals surface area contributed by atoms with Crippen molar-refractivity contribution >= 4 is 0 Å². The molecule has 0 bridgehead atoms. The van der Waals surface area contributed by atoms with Crippen molar-refractivity contribution < 1.29 is 18.6 Å². The highest BCUT2D eigenvalue weighted by atomic mass is 19.1. The SMILES string of the molecule is CCOC1CCCN(Cc2cc(F)c(O)c(F)c2)C1. The number of rotatable bonds is 4. The van der Waals surface area contributed by atoms with Gasteiger partial charge in [0.2, 0.25) is 0 Å². The normalized spacial score (nSPS) is 20.7. The number of ether oxygens (including phenoxy) is 1. The molecule has 1 aromatic carbocycles. The van der Waals surface area contributed by atoms with Gasteiger partial charge in [-0.3, -0.25) is 4.90 Å². The average Bonchev–Trinajstić information content (AvgIpc) is 2.37. The second kappa shape index (κ2) is 6.30. The Balaban J connectivity index is 2.00. The lowest BCUT2D eigenvalue weighted by Crippen LogP contribution is -2.39. The van der Waals surface area contributed by atoms with Gasteiger partial charge in [-0.25, -0.2) is 8.78 Å². The van der Waals surface area contributed by atoms with Gasteiger partial charge in [0.25, 0.3) is 0 Å². The van der Waals surface area contributed by atoms with Crippen LogP contribution in [0, 0.1) is 11.6 Å². The van der Waals surface area contributed by atoms with Gasteiger partial charge >= 0.3 is 0 Å². The summed E-state index contributed by atoms with van der Waals surface area (Å²) in [5.74, 6) is -2.73. The monoisotopic (exact) mass is 271 g/mol. The molecule has 0 saturated carbocycles. The molecular weight excluding hydrogens is 252 g/mol. The van der Waals surface area contributed by atoms with Crippen LogP contribution in [0.4, 0.5) is 8.78 Å². The number of nitrogens with zero attached hydrogens (tertiary/aromatic N) is 1. The van der Waals surface area contributed by atoms with E-state index in [4.69, 9.17) is 9.84 Å². The Hall–Kier alpha value is -1.20. The Labute approximate surface area is 111 Å². The first-order chi connectivity index (χ1) is 9.10. The maximum atomic E-state index is 13.3. The molecule has 1 fully saturated rings. The molecule has 106 valence electrons. The summed E-state index contributed by atoms with van der Waals surface area (Å²) < 4.78 is 32.1. The number of hydrogen-bond acceptors (Lipinski definition) is 3. The highest BCUT2D eigenvalue weighted by molar-refractivity contribution is 5.30. The molecule has 3 nitrogen and oxygen atoms in total. The topological polar surface area (TPSA) is 32.7 Å². The van der Waals surface area contributed by atoms with Gasteiger partial charge in [-0.2, -0.15) is 0 Å². The highest BCUT2D eigenvalue weighted by Crippen LogP contribution is 2.23. The summed E-state index contributed by atoms with van der Waals surface area (Å²) in [7, 11) is 0. The molecule has 0 radical (unpaired) electrons. The quantitative estimate of drug-likeness (QED) is 0.914. The zero-order valence-electron chi connectivity index (χ0n) is 11.0. The van der Waals surface area contributed by atoms with Gasteiger partial charge in [0.05, 0.1) is 6.10 Å². The number of piperidine rings is 1. The van der Waals surface area contributed by atoms with Crippen LogP contribution in [-0.4, -0.2) is 35.8 Å². The summed E-state index contributed by atoms with van der Waals surface area (Å²) in [5, 5.41) is 9.07. The van der Waals surface area contributed by atoms with Crippen molar-refractivity contribution in [1.82, 2.24) is 4.90 Å². The van der Waals surface area contributed by atoms with E-state index in [1.807, 2.05) is 6.92 Å². The van der Waals surface area contributed by atoms with Crippen molar-refractivity contribution in [2.45, 2.75) is 32.4 Å². The van der Waals surface area contributed by atoms with Crippen LogP contribution in [0.5, 0.6) is 5.75 Å². The largest absolute Gasteiger partial charge is 0.503 e. The maximum absolute atomic E-state index is 13.3. The molecule has 5 heteroatoms. The van der Waals surface area contributed by atoms with Crippen molar-refractivity contribution in [2.24, 2.45) is 0 Å². The Morgan fingerprint density at radius 2 is 2.05 bits per heavy atom. The van der Waals surface area contributed by atoms with E-state index in [-0.39, 0.29) is 6.10 Å². The van der Waals surface area contributed by atoms with Crippen molar-refractivity contribution in [1.29, 1.82) is 0 Å². The van der Waals surface area contributed by atoms with Crippen LogP contribution in [0.15, 0.2) is 12.1 Å². The van der Waals surface area contributed by atoms with Gasteiger partial charge < -0.3 is 9.84 Å². The zero-order valence-corrected chi connectivity index (χ0v) is 11.0. The molecule has 0 aliphatic carbocycles. The number of likely N-dealkylation sites (tertiary alicyclic amines) is 1. The fourth-order valence-electron chi connectivity index (χ4n) is 2.50. The number of hydrogen-bond donors (Lipinski definition) is 1. The molecule has 1 atom stereocenters. The van der Waals surface area contributed by atoms with Gasteiger partial charge in [0.1, 0.15) is 0 Å². The third-order valence-corrected chi connectivity index (χ3v) is 3.35. The van der Waals surface area contributed by atoms with Gasteiger partial charge in [0.15, 0.2) is 17.4 Å². The van der Waals surface area contributed by atoms with E-state index in [0.29, 0.717) is 18.7 Å². The molecule has 1 aliphatic rings. The highest BCUT2D eigenvalue weighted by Gasteiger charge is 2.20. The van der Waals surface area contributed by atoms with E-state index in [0.717, 1.165) is 25.9 Å². The van der Waals surface area contributed by atoms with Crippen molar-refractivity contribution in [3.63, 3.8) is 0 Å². The summed E-state index contributed by atoms with van der Waals surface area (Å²) in [6, 6.07) is 2.37. The summed E-state index contributed by atoms with van der Waals surface area (Å²) in [5.41, 5.74) is 0.532. The zero-order chi connectivity index (χ0) is 13.8. The van der Waals surface area contributed by atoms with Crippen LogP contribution < -0.4 is 0 Å². The minimum absolute atomic E-state index is 0.200. The molecule has 0 aromatic heterocycles. The Bertz CT molecular complexity index is 414.